The number of hydrogen-bond donors (Lipinski definition) is 0. The Bertz CT molecular complexity index is 625. The third kappa shape index (κ3) is 17.8. The zero-order valence-corrected chi connectivity index (χ0v) is 28.0. The zero-order valence-electron chi connectivity index (χ0n) is 22.9. The molecule has 0 spiro atoms. The van der Waals surface area contributed by atoms with Gasteiger partial charge in [0, 0.05) is 9.52 Å². The third-order valence-electron chi connectivity index (χ3n) is 4.66. The van der Waals surface area contributed by atoms with Crippen molar-refractivity contribution >= 4 is 26.5 Å². The van der Waals surface area contributed by atoms with Crippen LogP contribution >= 0.6 is 17.0 Å². The van der Waals surface area contributed by atoms with E-state index in [1.807, 2.05) is 0 Å². The normalized spacial score (nSPS) is 11.0. The molecule has 2 aromatic carbocycles. The van der Waals surface area contributed by atoms with Crippen LogP contribution in [-0.4, -0.2) is 9.52 Å². The summed E-state index contributed by atoms with van der Waals surface area (Å²) in [5.41, 5.74) is 6.50. The van der Waals surface area contributed by atoms with Crippen molar-refractivity contribution < 1.29 is 20.8 Å². The van der Waals surface area contributed by atoms with Crippen molar-refractivity contribution in [3.8, 4) is 0 Å². The molecular weight excluding hydrogens is 527 g/mol. The molecule has 1 radical (unpaired) electrons. The van der Waals surface area contributed by atoms with Crippen LogP contribution in [0.3, 0.4) is 0 Å². The van der Waals surface area contributed by atoms with Crippen molar-refractivity contribution in [1.29, 1.82) is 0 Å². The molecule has 0 N–H and O–H groups in total. The van der Waals surface area contributed by atoms with Crippen LogP contribution in [0.4, 0.5) is 0 Å². The van der Waals surface area contributed by atoms with Gasteiger partial charge in [-0.1, -0.05) is 107 Å². The second-order valence-electron chi connectivity index (χ2n) is 11.4. The molecule has 0 fully saturated rings. The van der Waals surface area contributed by atoms with Crippen LogP contribution in [0.1, 0.15) is 91.5 Å². The second-order valence-corrected chi connectivity index (χ2v) is 16.2. The molecule has 0 bridgehead atoms. The molecule has 0 saturated carbocycles. The first kappa shape index (κ1) is 34.5. The molecule has 183 valence electrons. The first-order valence-electron chi connectivity index (χ1n) is 11.8. The summed E-state index contributed by atoms with van der Waals surface area (Å²) in [6.07, 6.45) is 2.41. The maximum absolute atomic E-state index is 4.93. The van der Waals surface area contributed by atoms with Crippen molar-refractivity contribution in [2.45, 2.75) is 106 Å². The average molecular weight is 576 g/mol. The average Bonchev–Trinajstić information content (AvgIpc) is 3.24. The molecule has 0 amide bonds. The second kappa shape index (κ2) is 17.8. The topological polar surface area (TPSA) is 0 Å². The summed E-state index contributed by atoms with van der Waals surface area (Å²) in [4.78, 5) is 0. The molecule has 0 heterocycles. The Balaban J connectivity index is 0. The van der Waals surface area contributed by atoms with Gasteiger partial charge >= 0.3 is 37.9 Å². The Morgan fingerprint density at radius 1 is 0.750 bits per heavy atom. The quantitative estimate of drug-likeness (QED) is 0.251. The molecule has 0 unspecified atom stereocenters. The first-order chi connectivity index (χ1) is 14.6. The monoisotopic (exact) mass is 573 g/mol. The van der Waals surface area contributed by atoms with E-state index in [-0.39, 0.29) is 0 Å². The molecule has 0 aromatic heterocycles. The van der Waals surface area contributed by atoms with E-state index in [4.69, 9.17) is 17.0 Å². The minimum absolute atomic E-state index is 0.301. The van der Waals surface area contributed by atoms with Gasteiger partial charge in [0.15, 0.2) is 0 Å². The fourth-order valence-corrected chi connectivity index (χ4v) is 3.12. The van der Waals surface area contributed by atoms with Gasteiger partial charge in [0.05, 0.1) is 0 Å². The van der Waals surface area contributed by atoms with Gasteiger partial charge in [0.1, 0.15) is 0 Å². The first-order valence-corrected chi connectivity index (χ1v) is 20.5. The summed E-state index contributed by atoms with van der Waals surface area (Å²) in [6.45, 7) is 27.1. The Morgan fingerprint density at radius 2 is 1.00 bits per heavy atom. The van der Waals surface area contributed by atoms with E-state index in [9.17, 15) is 0 Å². The van der Waals surface area contributed by atoms with Crippen molar-refractivity contribution in [2.24, 2.45) is 11.8 Å². The van der Waals surface area contributed by atoms with Crippen molar-refractivity contribution in [3.63, 3.8) is 0 Å². The van der Waals surface area contributed by atoms with Crippen molar-refractivity contribution in [1.82, 2.24) is 0 Å². The van der Waals surface area contributed by atoms with E-state index < -0.39 is 20.8 Å². The molecule has 2 rings (SSSR count). The molecule has 0 saturated heterocycles. The van der Waals surface area contributed by atoms with Gasteiger partial charge < -0.3 is 0 Å². The van der Waals surface area contributed by atoms with Gasteiger partial charge in [-0.15, -0.1) is 0 Å². The van der Waals surface area contributed by atoms with Crippen molar-refractivity contribution in [3.05, 3.63) is 58.7 Å². The zero-order chi connectivity index (χ0) is 25.5. The summed E-state index contributed by atoms with van der Waals surface area (Å²) in [6, 6.07) is 13.7. The summed E-state index contributed by atoms with van der Waals surface area (Å²) in [5, 5.41) is 0. The molecule has 0 atom stereocenters. The van der Waals surface area contributed by atoms with Gasteiger partial charge in [-0.2, -0.15) is 46.5 Å². The fraction of sp³-hybridized carbons (Fsp3) is 0.643. The van der Waals surface area contributed by atoms with E-state index in [0.717, 1.165) is 21.4 Å². The van der Waals surface area contributed by atoms with E-state index in [0.29, 0.717) is 10.8 Å². The maximum atomic E-state index is 4.93. The van der Waals surface area contributed by atoms with E-state index >= 15 is 0 Å². The van der Waals surface area contributed by atoms with Gasteiger partial charge in [-0.05, 0) is 10.8 Å². The predicted octanol–water partition coefficient (Wildman–Crippen LogP) is 9.70. The van der Waals surface area contributed by atoms with Crippen LogP contribution in [-0.2, 0) is 44.5 Å². The number of rotatable bonds is 4. The van der Waals surface area contributed by atoms with Crippen LogP contribution in [0, 0.1) is 11.8 Å². The van der Waals surface area contributed by atoms with E-state index in [1.54, 1.807) is 0 Å². The number of halogens is 2. The van der Waals surface area contributed by atoms with E-state index in [2.05, 4.69) is 119 Å². The molecule has 2 aromatic rings. The molecule has 0 aliphatic heterocycles. The van der Waals surface area contributed by atoms with Gasteiger partial charge in [-0.25, -0.2) is 12.1 Å². The molecule has 4 heteroatoms. The molecule has 0 nitrogen and oxygen atoms in total. The van der Waals surface area contributed by atoms with Crippen molar-refractivity contribution in [2.75, 3.05) is 0 Å². The van der Waals surface area contributed by atoms with E-state index in [1.165, 1.54) is 35.1 Å². The predicted molar refractivity (Wildman–Crippen MR) is 149 cm³/mol. The Morgan fingerprint density at radius 3 is 1.16 bits per heavy atom. The summed E-state index contributed by atoms with van der Waals surface area (Å²) < 4.78 is 0. The van der Waals surface area contributed by atoms with Gasteiger partial charge in [0.25, 0.3) is 0 Å². The third-order valence-corrected chi connectivity index (χ3v) is 4.66. The van der Waals surface area contributed by atoms with Crippen LogP contribution in [0.5, 0.6) is 0 Å². The molecule has 0 aliphatic carbocycles. The fourth-order valence-electron chi connectivity index (χ4n) is 3.12. The summed E-state index contributed by atoms with van der Waals surface area (Å²) in [5.74, 6) is 1.52. The van der Waals surface area contributed by atoms with Gasteiger partial charge in [-0.3, -0.25) is 0 Å². The summed E-state index contributed by atoms with van der Waals surface area (Å²) in [7, 11) is 10.6. The number of hydrogen-bond acceptors (Lipinski definition) is 0. The van der Waals surface area contributed by atoms with Gasteiger partial charge in [0.2, 0.25) is 0 Å². The SMILES string of the molecule is CC(C)Cc1c[cH-]c(C(C)(C)C)c1.CC(C)Cc1c[cH-]c(C(C)(C)C)c1.C[SiH]C.[Cl][Zr+2][Cl]. The molecule has 0 aliphatic rings. The minimum atomic E-state index is -0.826. The summed E-state index contributed by atoms with van der Waals surface area (Å²) >= 11 is -0.826. The Kier molecular flexibility index (Phi) is 19.2. The standard InChI is InChI=1S/2C13H21.C2H7Si.2ClH.Zr/c2*1-10(2)8-11-6-7-12(9-11)13(3,4)5;1-3-2;;;/h2*6-7,9-10H,8H2,1-5H3;3H,1-2H3;2*1H;/q2*-1;;;;+4/p-2. The van der Waals surface area contributed by atoms with Crippen LogP contribution in [0.15, 0.2) is 36.4 Å². The van der Waals surface area contributed by atoms with Crippen LogP contribution in [0.2, 0.25) is 13.1 Å². The Labute approximate surface area is 222 Å². The van der Waals surface area contributed by atoms with Crippen LogP contribution < -0.4 is 0 Å². The molecular formula is C28H49Cl2SiZr. The van der Waals surface area contributed by atoms with Crippen LogP contribution in [0.25, 0.3) is 0 Å². The Hall–Kier alpha value is 0.380. The molecule has 32 heavy (non-hydrogen) atoms.